The van der Waals surface area contributed by atoms with Crippen LogP contribution >= 0.6 is 0 Å². The summed E-state index contributed by atoms with van der Waals surface area (Å²) in [6.07, 6.45) is 7.72. The molecule has 4 fully saturated rings. The maximum absolute atomic E-state index is 12.3. The van der Waals surface area contributed by atoms with Gasteiger partial charge in [0.25, 0.3) is 0 Å². The van der Waals surface area contributed by atoms with Gasteiger partial charge in [-0.1, -0.05) is 27.7 Å². The van der Waals surface area contributed by atoms with E-state index in [0.717, 1.165) is 5.92 Å². The lowest BCUT2D eigenvalue weighted by molar-refractivity contribution is -0.139. The van der Waals surface area contributed by atoms with E-state index in [-0.39, 0.29) is 11.4 Å². The van der Waals surface area contributed by atoms with E-state index in [2.05, 4.69) is 38.3 Å². The molecule has 0 heterocycles. The third-order valence-corrected chi connectivity index (χ3v) is 5.70. The van der Waals surface area contributed by atoms with Gasteiger partial charge < -0.3 is 10.6 Å². The first kappa shape index (κ1) is 14.4. The van der Waals surface area contributed by atoms with Gasteiger partial charge in [-0.05, 0) is 55.3 Å². The predicted molar refractivity (Wildman–Crippen MR) is 81.4 cm³/mol. The van der Waals surface area contributed by atoms with Crippen molar-refractivity contribution in [3.05, 3.63) is 0 Å². The van der Waals surface area contributed by atoms with Crippen LogP contribution < -0.4 is 10.6 Å². The molecule has 114 valence electrons. The maximum Gasteiger partial charge on any atom is 0.234 e. The number of carbonyl (C=O) groups is 1. The summed E-state index contributed by atoms with van der Waals surface area (Å²) >= 11 is 0. The lowest BCUT2D eigenvalue weighted by Crippen LogP contribution is -2.65. The van der Waals surface area contributed by atoms with E-state index in [4.69, 9.17) is 0 Å². The number of hydrogen-bond donors (Lipinski definition) is 2. The predicted octanol–water partition coefficient (Wildman–Crippen LogP) is 2.85. The first-order chi connectivity index (χ1) is 9.22. The lowest BCUT2D eigenvalue weighted by atomic mass is 9.43. The Labute approximate surface area is 123 Å². The average Bonchev–Trinajstić information content (AvgIpc) is 2.20. The molecule has 20 heavy (non-hydrogen) atoms. The molecule has 0 spiro atoms. The smallest absolute Gasteiger partial charge is 0.234 e. The van der Waals surface area contributed by atoms with Crippen molar-refractivity contribution in [2.75, 3.05) is 6.54 Å². The van der Waals surface area contributed by atoms with Crippen LogP contribution in [0.2, 0.25) is 0 Å². The van der Waals surface area contributed by atoms with E-state index in [1.54, 1.807) is 0 Å². The van der Waals surface area contributed by atoms with Crippen LogP contribution in [0.15, 0.2) is 0 Å². The standard InChI is InChI=1S/C17H30N2O/c1-12(2)18-8-14(20)19-17-7-13-5-15(3,10-17)9-16(4,6-13)11-17/h12-13,18H,5-11H2,1-4H3,(H,19,20). The van der Waals surface area contributed by atoms with Gasteiger partial charge in [0.15, 0.2) is 0 Å². The van der Waals surface area contributed by atoms with Crippen molar-refractivity contribution in [2.45, 2.75) is 77.8 Å². The zero-order valence-electron chi connectivity index (χ0n) is 13.5. The first-order valence-electron chi connectivity index (χ1n) is 8.26. The van der Waals surface area contributed by atoms with Crippen molar-refractivity contribution in [2.24, 2.45) is 16.7 Å². The number of amides is 1. The molecule has 1 amide bonds. The molecule has 2 atom stereocenters. The van der Waals surface area contributed by atoms with Gasteiger partial charge in [-0.3, -0.25) is 4.79 Å². The minimum atomic E-state index is 0.0959. The molecule has 2 unspecified atom stereocenters. The number of hydrogen-bond acceptors (Lipinski definition) is 2. The van der Waals surface area contributed by atoms with Gasteiger partial charge in [0.1, 0.15) is 0 Å². The van der Waals surface area contributed by atoms with E-state index in [1.807, 2.05) is 0 Å². The lowest BCUT2D eigenvalue weighted by Gasteiger charge is -2.65. The van der Waals surface area contributed by atoms with Gasteiger partial charge in [-0.25, -0.2) is 0 Å². The maximum atomic E-state index is 12.3. The van der Waals surface area contributed by atoms with Crippen LogP contribution in [0.4, 0.5) is 0 Å². The van der Waals surface area contributed by atoms with E-state index in [9.17, 15) is 4.79 Å². The fraction of sp³-hybridized carbons (Fsp3) is 0.941. The summed E-state index contributed by atoms with van der Waals surface area (Å²) in [6.45, 7) is 9.52. The van der Waals surface area contributed by atoms with Crippen molar-refractivity contribution >= 4 is 5.91 Å². The zero-order valence-corrected chi connectivity index (χ0v) is 13.5. The van der Waals surface area contributed by atoms with Gasteiger partial charge >= 0.3 is 0 Å². The van der Waals surface area contributed by atoms with Crippen molar-refractivity contribution in [1.82, 2.24) is 10.6 Å². The molecule has 4 aliphatic carbocycles. The van der Waals surface area contributed by atoms with Crippen molar-refractivity contribution in [1.29, 1.82) is 0 Å². The molecule has 0 aromatic heterocycles. The highest BCUT2D eigenvalue weighted by Crippen LogP contribution is 2.66. The Morgan fingerprint density at radius 3 is 2.20 bits per heavy atom. The van der Waals surface area contributed by atoms with Gasteiger partial charge in [0, 0.05) is 11.6 Å². The summed E-state index contributed by atoms with van der Waals surface area (Å²) in [7, 11) is 0. The second-order valence-corrected chi connectivity index (χ2v) is 8.99. The summed E-state index contributed by atoms with van der Waals surface area (Å²) < 4.78 is 0. The molecule has 3 nitrogen and oxygen atoms in total. The summed E-state index contributed by atoms with van der Waals surface area (Å²) in [5.74, 6) is 1.02. The minimum absolute atomic E-state index is 0.0959. The van der Waals surface area contributed by atoms with Crippen molar-refractivity contribution < 1.29 is 4.79 Å². The first-order valence-corrected chi connectivity index (χ1v) is 8.26. The van der Waals surface area contributed by atoms with Crippen LogP contribution in [0.1, 0.15) is 66.2 Å². The van der Waals surface area contributed by atoms with Crippen molar-refractivity contribution in [3.8, 4) is 0 Å². The molecule has 4 aliphatic rings. The highest BCUT2D eigenvalue weighted by Gasteiger charge is 2.60. The van der Waals surface area contributed by atoms with E-state index >= 15 is 0 Å². The second kappa shape index (κ2) is 4.46. The van der Waals surface area contributed by atoms with Crippen LogP contribution in [-0.4, -0.2) is 24.0 Å². The van der Waals surface area contributed by atoms with E-state index < -0.39 is 0 Å². The molecular formula is C17H30N2O. The largest absolute Gasteiger partial charge is 0.350 e. The minimum Gasteiger partial charge on any atom is -0.350 e. The SMILES string of the molecule is CC(C)NCC(=O)NC12CC3CC(C)(CC(C)(C3)C1)C2. The Balaban J connectivity index is 1.71. The van der Waals surface area contributed by atoms with Gasteiger partial charge in [0.05, 0.1) is 6.54 Å². The number of nitrogens with one attached hydrogen (secondary N) is 2. The quantitative estimate of drug-likeness (QED) is 0.830. The third kappa shape index (κ3) is 2.61. The molecule has 4 bridgehead atoms. The van der Waals surface area contributed by atoms with E-state index in [1.165, 1.54) is 38.5 Å². The molecule has 0 aliphatic heterocycles. The Hall–Kier alpha value is -0.570. The summed E-state index contributed by atoms with van der Waals surface area (Å²) in [4.78, 5) is 12.3. The molecule has 3 heteroatoms. The molecule has 0 aromatic rings. The van der Waals surface area contributed by atoms with E-state index in [0.29, 0.717) is 23.4 Å². The number of rotatable bonds is 4. The normalized spacial score (nSPS) is 46.0. The van der Waals surface area contributed by atoms with Gasteiger partial charge in [0.2, 0.25) is 5.91 Å². The van der Waals surface area contributed by atoms with Crippen LogP contribution in [-0.2, 0) is 4.79 Å². The summed E-state index contributed by atoms with van der Waals surface area (Å²) in [5.41, 5.74) is 1.03. The van der Waals surface area contributed by atoms with Gasteiger partial charge in [-0.2, -0.15) is 0 Å². The van der Waals surface area contributed by atoms with Crippen LogP contribution in [0, 0.1) is 16.7 Å². The zero-order chi connectivity index (χ0) is 14.6. The average molecular weight is 278 g/mol. The molecule has 4 rings (SSSR count). The Morgan fingerprint density at radius 2 is 1.70 bits per heavy atom. The topological polar surface area (TPSA) is 41.1 Å². The number of carbonyl (C=O) groups excluding carboxylic acids is 1. The highest BCUT2D eigenvalue weighted by molar-refractivity contribution is 5.79. The Bertz CT molecular complexity index is 399. The Morgan fingerprint density at radius 1 is 1.10 bits per heavy atom. The molecule has 0 radical (unpaired) electrons. The Kier molecular flexibility index (Phi) is 3.20. The fourth-order valence-electron chi connectivity index (χ4n) is 6.22. The van der Waals surface area contributed by atoms with Crippen LogP contribution in [0.3, 0.4) is 0 Å². The highest BCUT2D eigenvalue weighted by atomic mass is 16.2. The summed E-state index contributed by atoms with van der Waals surface area (Å²) in [5, 5.41) is 6.66. The molecule has 4 saturated carbocycles. The van der Waals surface area contributed by atoms with Crippen molar-refractivity contribution in [3.63, 3.8) is 0 Å². The molecule has 0 saturated heterocycles. The molecule has 0 aromatic carbocycles. The van der Waals surface area contributed by atoms with Crippen LogP contribution in [0.25, 0.3) is 0 Å². The monoisotopic (exact) mass is 278 g/mol. The second-order valence-electron chi connectivity index (χ2n) is 8.99. The fourth-order valence-corrected chi connectivity index (χ4v) is 6.22. The van der Waals surface area contributed by atoms with Gasteiger partial charge in [-0.15, -0.1) is 0 Å². The molecular weight excluding hydrogens is 248 g/mol. The summed E-state index contributed by atoms with van der Waals surface area (Å²) in [6, 6.07) is 0.368. The third-order valence-electron chi connectivity index (χ3n) is 5.70. The van der Waals surface area contributed by atoms with Crippen LogP contribution in [0.5, 0.6) is 0 Å². The molecule has 2 N–H and O–H groups in total.